The fraction of sp³-hybridized carbons (Fsp3) is 0.273. The Hall–Kier alpha value is -3.53. The molecule has 2 aromatic carbocycles. The number of nitrogens with one attached hydrogen (secondary N) is 1. The largest absolute Gasteiger partial charge is 0.496 e. The van der Waals surface area contributed by atoms with Crippen molar-refractivity contribution in [1.29, 1.82) is 0 Å². The number of nitrogens with zero attached hydrogens (tertiary/aromatic N) is 2. The van der Waals surface area contributed by atoms with Crippen molar-refractivity contribution in [2.45, 2.75) is 6.42 Å². The van der Waals surface area contributed by atoms with Crippen LogP contribution in [0.1, 0.15) is 11.1 Å². The number of methoxy groups -OCH3 is 3. The monoisotopic (exact) mass is 459 g/mol. The van der Waals surface area contributed by atoms with E-state index in [0.29, 0.717) is 35.8 Å². The third-order valence-electron chi connectivity index (χ3n) is 4.94. The van der Waals surface area contributed by atoms with Gasteiger partial charge in [0.15, 0.2) is 11.5 Å². The summed E-state index contributed by atoms with van der Waals surface area (Å²) in [4.78, 5) is 12.8. The first kappa shape index (κ1) is 23.1. The quantitative estimate of drug-likeness (QED) is 0.647. The molecule has 3 rings (SSSR count). The highest BCUT2D eigenvalue weighted by Gasteiger charge is 2.30. The molecule has 0 saturated heterocycles. The topological polar surface area (TPSA) is 107 Å². The van der Waals surface area contributed by atoms with Crippen LogP contribution in [0.5, 0.6) is 17.2 Å². The van der Waals surface area contributed by atoms with Gasteiger partial charge in [-0.3, -0.25) is 4.79 Å². The fourth-order valence-corrected chi connectivity index (χ4v) is 4.10. The number of allylic oxidation sites excluding steroid dienone is 1. The van der Waals surface area contributed by atoms with Crippen molar-refractivity contribution in [2.24, 2.45) is 4.40 Å². The number of carbonyl (C=O) groups excluding carboxylic acids is 1. The molecule has 0 bridgehead atoms. The average Bonchev–Trinajstić information content (AvgIpc) is 2.80. The van der Waals surface area contributed by atoms with Crippen molar-refractivity contribution < 1.29 is 27.4 Å². The van der Waals surface area contributed by atoms with Gasteiger partial charge in [0.1, 0.15) is 11.4 Å². The number of hydrogen-bond acceptors (Lipinski definition) is 6. The molecule has 170 valence electrons. The molecule has 1 heterocycles. The van der Waals surface area contributed by atoms with E-state index in [-0.39, 0.29) is 11.4 Å². The first-order chi connectivity index (χ1) is 15.3. The summed E-state index contributed by atoms with van der Waals surface area (Å²) in [6, 6.07) is 12.4. The summed E-state index contributed by atoms with van der Waals surface area (Å²) in [6.07, 6.45) is 1.95. The van der Waals surface area contributed by atoms with Gasteiger partial charge in [0.05, 0.1) is 27.0 Å². The Morgan fingerprint density at radius 1 is 1.00 bits per heavy atom. The number of likely N-dealkylation sites (N-methyl/N-ethyl adjacent to an activating group) is 1. The van der Waals surface area contributed by atoms with Crippen molar-refractivity contribution in [3.63, 3.8) is 0 Å². The van der Waals surface area contributed by atoms with Crippen LogP contribution in [0, 0.1) is 0 Å². The third kappa shape index (κ3) is 4.86. The Kier molecular flexibility index (Phi) is 7.04. The third-order valence-corrected chi connectivity index (χ3v) is 6.25. The summed E-state index contributed by atoms with van der Waals surface area (Å²) in [5.41, 5.74) is 1.50. The van der Waals surface area contributed by atoms with E-state index >= 15 is 0 Å². The highest BCUT2D eigenvalue weighted by molar-refractivity contribution is 7.88. The molecule has 0 saturated carbocycles. The molecule has 1 amide bonds. The van der Waals surface area contributed by atoms with Crippen LogP contribution in [0.2, 0.25) is 0 Å². The standard InChI is InChI=1S/C22H25N3O6S/c1-25-18(14-17(24-32(25,27)28)16-7-5-6-8-19(16)29-2)22(26)23-12-11-15-9-10-20(30-3)21(13-15)31-4/h5-10,13-14H,11-12H2,1-4H3,(H,23,26). The molecule has 0 fully saturated rings. The lowest BCUT2D eigenvalue weighted by atomic mass is 10.1. The van der Waals surface area contributed by atoms with Crippen molar-refractivity contribution in [3.8, 4) is 17.2 Å². The van der Waals surface area contributed by atoms with E-state index in [1.165, 1.54) is 20.2 Å². The van der Waals surface area contributed by atoms with Gasteiger partial charge in [-0.05, 0) is 42.3 Å². The van der Waals surface area contributed by atoms with Gasteiger partial charge in [0, 0.05) is 19.2 Å². The van der Waals surface area contributed by atoms with Crippen LogP contribution in [-0.4, -0.2) is 59.3 Å². The molecule has 1 N–H and O–H groups in total. The molecule has 1 aliphatic rings. The van der Waals surface area contributed by atoms with E-state index in [1.54, 1.807) is 44.6 Å². The molecule has 0 unspecified atom stereocenters. The summed E-state index contributed by atoms with van der Waals surface area (Å²) in [6.45, 7) is 0.292. The molecule has 1 aliphatic heterocycles. The van der Waals surface area contributed by atoms with Crippen LogP contribution in [0.4, 0.5) is 0 Å². The zero-order valence-corrected chi connectivity index (χ0v) is 19.1. The number of benzene rings is 2. The molecule has 32 heavy (non-hydrogen) atoms. The van der Waals surface area contributed by atoms with Crippen molar-refractivity contribution >= 4 is 21.8 Å². The Labute approximate surface area is 187 Å². The predicted molar refractivity (Wildman–Crippen MR) is 121 cm³/mol. The number of amides is 1. The maximum atomic E-state index is 12.8. The number of ether oxygens (including phenoxy) is 3. The molecule has 0 atom stereocenters. The highest BCUT2D eigenvalue weighted by Crippen LogP contribution is 2.28. The maximum Gasteiger partial charge on any atom is 0.345 e. The zero-order valence-electron chi connectivity index (χ0n) is 18.3. The lowest BCUT2D eigenvalue weighted by Crippen LogP contribution is -2.39. The van der Waals surface area contributed by atoms with Crippen LogP contribution in [0.15, 0.2) is 58.6 Å². The smallest absolute Gasteiger partial charge is 0.345 e. The van der Waals surface area contributed by atoms with Crippen molar-refractivity contribution in [1.82, 2.24) is 9.62 Å². The fourth-order valence-electron chi connectivity index (χ4n) is 3.20. The van der Waals surface area contributed by atoms with Gasteiger partial charge in [-0.1, -0.05) is 18.2 Å². The van der Waals surface area contributed by atoms with Gasteiger partial charge in [-0.25, -0.2) is 4.31 Å². The number of rotatable bonds is 8. The molecule has 0 radical (unpaired) electrons. The van der Waals surface area contributed by atoms with Gasteiger partial charge in [0.2, 0.25) is 0 Å². The second kappa shape index (κ2) is 9.73. The second-order valence-corrected chi connectivity index (χ2v) is 8.47. The number of para-hydroxylation sites is 1. The van der Waals surface area contributed by atoms with E-state index in [4.69, 9.17) is 14.2 Å². The van der Waals surface area contributed by atoms with E-state index < -0.39 is 16.1 Å². The van der Waals surface area contributed by atoms with Crippen LogP contribution in [0.25, 0.3) is 0 Å². The van der Waals surface area contributed by atoms with E-state index in [1.807, 2.05) is 12.1 Å². The van der Waals surface area contributed by atoms with Gasteiger partial charge in [-0.15, -0.1) is 4.40 Å². The summed E-state index contributed by atoms with van der Waals surface area (Å²) in [5.74, 6) is 1.13. The van der Waals surface area contributed by atoms with E-state index in [0.717, 1.165) is 9.87 Å². The first-order valence-electron chi connectivity index (χ1n) is 9.73. The predicted octanol–water partition coefficient (Wildman–Crippen LogP) is 1.93. The zero-order chi connectivity index (χ0) is 23.3. The Morgan fingerprint density at radius 2 is 1.69 bits per heavy atom. The van der Waals surface area contributed by atoms with Crippen LogP contribution >= 0.6 is 0 Å². The molecule has 0 spiro atoms. The van der Waals surface area contributed by atoms with Gasteiger partial charge >= 0.3 is 10.2 Å². The molecule has 2 aromatic rings. The Bertz CT molecular complexity index is 1170. The first-order valence-corrected chi connectivity index (χ1v) is 11.1. The number of carbonyl (C=O) groups is 1. The number of hydrogen-bond donors (Lipinski definition) is 1. The molecule has 0 aromatic heterocycles. The van der Waals surface area contributed by atoms with Crippen LogP contribution in [0.3, 0.4) is 0 Å². The average molecular weight is 460 g/mol. The minimum absolute atomic E-state index is 0.0341. The van der Waals surface area contributed by atoms with Gasteiger partial charge in [-0.2, -0.15) is 8.42 Å². The molecule has 9 nitrogen and oxygen atoms in total. The van der Waals surface area contributed by atoms with Crippen LogP contribution < -0.4 is 19.5 Å². The lowest BCUT2D eigenvalue weighted by molar-refractivity contribution is -0.118. The highest BCUT2D eigenvalue weighted by atomic mass is 32.2. The molecule has 10 heteroatoms. The minimum Gasteiger partial charge on any atom is -0.496 e. The lowest BCUT2D eigenvalue weighted by Gasteiger charge is -2.24. The minimum atomic E-state index is -4.07. The summed E-state index contributed by atoms with van der Waals surface area (Å²) in [5, 5.41) is 2.76. The van der Waals surface area contributed by atoms with Gasteiger partial charge < -0.3 is 19.5 Å². The normalized spacial score (nSPS) is 14.8. The molecular weight excluding hydrogens is 434 g/mol. The van der Waals surface area contributed by atoms with E-state index in [2.05, 4.69) is 9.71 Å². The maximum absolute atomic E-state index is 12.8. The van der Waals surface area contributed by atoms with E-state index in [9.17, 15) is 13.2 Å². The van der Waals surface area contributed by atoms with Crippen molar-refractivity contribution in [3.05, 3.63) is 65.4 Å². The summed E-state index contributed by atoms with van der Waals surface area (Å²) < 4.78 is 45.6. The Balaban J connectivity index is 1.78. The SMILES string of the molecule is COc1ccc(CCNC(=O)C2=CC(c3ccccc3OC)=NS(=O)(=O)N2C)cc1OC. The summed E-state index contributed by atoms with van der Waals surface area (Å²) in [7, 11) is 1.81. The molecule has 0 aliphatic carbocycles. The van der Waals surface area contributed by atoms with Crippen LogP contribution in [-0.2, 0) is 21.4 Å². The molecular formula is C22H25N3O6S. The van der Waals surface area contributed by atoms with Crippen molar-refractivity contribution in [2.75, 3.05) is 34.9 Å². The summed E-state index contributed by atoms with van der Waals surface area (Å²) >= 11 is 0. The van der Waals surface area contributed by atoms with Gasteiger partial charge in [0.25, 0.3) is 5.91 Å². The second-order valence-electron chi connectivity index (χ2n) is 6.85. The Morgan fingerprint density at radius 3 is 2.38 bits per heavy atom.